The minimum Gasteiger partial charge on any atom is -0.478 e. The van der Waals surface area contributed by atoms with E-state index in [4.69, 9.17) is 21.7 Å². The molecule has 2 amide bonds. The van der Waals surface area contributed by atoms with Gasteiger partial charge in [-0.2, -0.15) is 0 Å². The van der Waals surface area contributed by atoms with Gasteiger partial charge in [-0.05, 0) is 48.5 Å². The second-order valence-electron chi connectivity index (χ2n) is 5.57. The molecule has 0 spiro atoms. The quantitative estimate of drug-likeness (QED) is 0.177. The number of carbonyl (C=O) groups is 4. The zero-order valence-electron chi connectivity index (χ0n) is 16.3. The molecule has 0 unspecified atom stereocenters. The van der Waals surface area contributed by atoms with Gasteiger partial charge in [0.1, 0.15) is 0 Å². The van der Waals surface area contributed by atoms with Crippen LogP contribution in [-0.2, 0) is 19.2 Å². The molecule has 10 nitrogen and oxygen atoms in total. The van der Waals surface area contributed by atoms with Crippen LogP contribution in [0.4, 0.5) is 22.7 Å². The number of nitrogen functional groups attached to an aromatic ring is 2. The molecular weight excluding hydrogens is 530 g/mol. The van der Waals surface area contributed by atoms with Crippen molar-refractivity contribution in [2.24, 2.45) is 0 Å². The SMILES string of the molecule is Nc1ccc(NC(=O)/C=C\C(=O)O)cc1.Nc1ccc(NC(=O)/C=C\C(=O)O)cc1.[Ba+2]. The summed E-state index contributed by atoms with van der Waals surface area (Å²) in [7, 11) is 0. The number of anilines is 4. The maximum Gasteiger partial charge on any atom is 2.00 e. The number of carbonyl (C=O) groups excluding carboxylic acids is 2. The molecule has 0 radical (unpaired) electrons. The third-order valence-corrected chi connectivity index (χ3v) is 3.11. The van der Waals surface area contributed by atoms with Crippen molar-refractivity contribution in [3.05, 3.63) is 72.8 Å². The summed E-state index contributed by atoms with van der Waals surface area (Å²) in [5.41, 5.74) is 13.2. The number of benzene rings is 2. The molecule has 2 rings (SSSR count). The van der Waals surface area contributed by atoms with Gasteiger partial charge >= 0.3 is 60.8 Å². The van der Waals surface area contributed by atoms with Gasteiger partial charge < -0.3 is 32.3 Å². The van der Waals surface area contributed by atoms with Gasteiger partial charge in [-0.3, -0.25) is 9.59 Å². The first-order valence-electron chi connectivity index (χ1n) is 8.31. The molecule has 0 fully saturated rings. The Balaban J connectivity index is 0.000000562. The average molecular weight is 550 g/mol. The summed E-state index contributed by atoms with van der Waals surface area (Å²) in [6, 6.07) is 13.0. The molecule has 0 atom stereocenters. The van der Waals surface area contributed by atoms with E-state index in [0.717, 1.165) is 24.3 Å². The van der Waals surface area contributed by atoms with Gasteiger partial charge in [-0.1, -0.05) is 0 Å². The van der Waals surface area contributed by atoms with Crippen LogP contribution in [0, 0.1) is 0 Å². The number of amides is 2. The van der Waals surface area contributed by atoms with Gasteiger partial charge in [-0.15, -0.1) is 0 Å². The van der Waals surface area contributed by atoms with E-state index in [2.05, 4.69) is 10.6 Å². The van der Waals surface area contributed by atoms with E-state index in [1.54, 1.807) is 48.5 Å². The number of nitrogens with two attached hydrogens (primary N) is 2. The summed E-state index contributed by atoms with van der Waals surface area (Å²) >= 11 is 0. The van der Waals surface area contributed by atoms with E-state index < -0.39 is 23.8 Å². The molecule has 0 aliphatic carbocycles. The first kappa shape index (κ1) is 28.0. The zero-order valence-corrected chi connectivity index (χ0v) is 20.8. The predicted molar refractivity (Wildman–Crippen MR) is 118 cm³/mol. The van der Waals surface area contributed by atoms with E-state index in [1.807, 2.05) is 0 Å². The fourth-order valence-electron chi connectivity index (χ4n) is 1.79. The van der Waals surface area contributed by atoms with Crippen LogP contribution in [0.5, 0.6) is 0 Å². The number of nitrogens with one attached hydrogen (secondary N) is 2. The largest absolute Gasteiger partial charge is 2.00 e. The van der Waals surface area contributed by atoms with Crippen LogP contribution >= 0.6 is 0 Å². The van der Waals surface area contributed by atoms with Crippen molar-refractivity contribution >= 4 is 95.4 Å². The van der Waals surface area contributed by atoms with Crippen molar-refractivity contribution in [1.82, 2.24) is 0 Å². The van der Waals surface area contributed by atoms with Gasteiger partial charge in [0.2, 0.25) is 11.8 Å². The molecule has 0 saturated heterocycles. The number of carboxylic acid groups (broad SMARTS) is 2. The zero-order chi connectivity index (χ0) is 22.5. The molecule has 0 heterocycles. The van der Waals surface area contributed by atoms with Crippen LogP contribution < -0.4 is 22.1 Å². The fraction of sp³-hybridized carbons (Fsp3) is 0. The second-order valence-corrected chi connectivity index (χ2v) is 5.57. The topological polar surface area (TPSA) is 185 Å². The summed E-state index contributed by atoms with van der Waals surface area (Å²) in [5, 5.41) is 21.5. The Labute approximate surface area is 218 Å². The average Bonchev–Trinajstić information content (AvgIpc) is 2.69. The van der Waals surface area contributed by atoms with Crippen LogP contribution in [0.25, 0.3) is 0 Å². The van der Waals surface area contributed by atoms with Gasteiger partial charge in [0.25, 0.3) is 0 Å². The van der Waals surface area contributed by atoms with Gasteiger partial charge in [0.05, 0.1) is 0 Å². The number of carboxylic acids is 2. The Kier molecular flexibility index (Phi) is 13.4. The van der Waals surface area contributed by atoms with Crippen molar-refractivity contribution < 1.29 is 29.4 Å². The van der Waals surface area contributed by atoms with Gasteiger partial charge in [0.15, 0.2) is 0 Å². The minimum atomic E-state index is -1.16. The molecule has 0 bridgehead atoms. The Morgan fingerprint density at radius 2 is 0.903 bits per heavy atom. The molecule has 2 aromatic carbocycles. The summed E-state index contributed by atoms with van der Waals surface area (Å²) in [5.74, 6) is -3.32. The van der Waals surface area contributed by atoms with Gasteiger partial charge in [0, 0.05) is 47.1 Å². The van der Waals surface area contributed by atoms with Crippen molar-refractivity contribution in [2.75, 3.05) is 22.1 Å². The maximum absolute atomic E-state index is 11.1. The number of rotatable bonds is 6. The first-order valence-corrected chi connectivity index (χ1v) is 8.31. The Bertz CT molecular complexity index is 877. The predicted octanol–water partition coefficient (Wildman–Crippen LogP) is 1.32. The molecule has 11 heteroatoms. The van der Waals surface area contributed by atoms with E-state index in [0.29, 0.717) is 22.7 Å². The maximum atomic E-state index is 11.1. The van der Waals surface area contributed by atoms with Gasteiger partial charge in [-0.25, -0.2) is 9.59 Å². The van der Waals surface area contributed by atoms with Crippen LogP contribution in [0.3, 0.4) is 0 Å². The third-order valence-electron chi connectivity index (χ3n) is 3.11. The third kappa shape index (κ3) is 13.8. The van der Waals surface area contributed by atoms with Crippen LogP contribution in [0.15, 0.2) is 72.8 Å². The molecule has 2 aromatic rings. The number of hydrogen-bond acceptors (Lipinski definition) is 6. The van der Waals surface area contributed by atoms with Crippen molar-refractivity contribution in [3.8, 4) is 0 Å². The number of hydrogen-bond donors (Lipinski definition) is 6. The summed E-state index contributed by atoms with van der Waals surface area (Å²) < 4.78 is 0. The summed E-state index contributed by atoms with van der Waals surface area (Å²) in [6.07, 6.45) is 3.43. The fourth-order valence-corrected chi connectivity index (χ4v) is 1.79. The summed E-state index contributed by atoms with van der Waals surface area (Å²) in [6.45, 7) is 0. The van der Waals surface area contributed by atoms with Crippen LogP contribution in [0.1, 0.15) is 0 Å². The summed E-state index contributed by atoms with van der Waals surface area (Å²) in [4.78, 5) is 42.5. The molecule has 0 saturated carbocycles. The van der Waals surface area contributed by atoms with E-state index in [-0.39, 0.29) is 48.9 Å². The van der Waals surface area contributed by atoms with Crippen LogP contribution in [0.2, 0.25) is 0 Å². The van der Waals surface area contributed by atoms with Crippen LogP contribution in [-0.4, -0.2) is 82.8 Å². The molecule has 8 N–H and O–H groups in total. The minimum absolute atomic E-state index is 0. The second kappa shape index (κ2) is 14.9. The smallest absolute Gasteiger partial charge is 0.478 e. The standard InChI is InChI=1S/2C10H10N2O3.Ba/c2*11-7-1-3-8(4-2-7)12-9(13)5-6-10(14)15;/h2*1-6H,11H2,(H,12,13)(H,14,15);/q;;+2/b2*6-5-;. The van der Waals surface area contributed by atoms with Crippen molar-refractivity contribution in [1.29, 1.82) is 0 Å². The monoisotopic (exact) mass is 550 g/mol. The van der Waals surface area contributed by atoms with E-state index in [1.165, 1.54) is 0 Å². The normalized spacial score (nSPS) is 9.81. The molecule has 156 valence electrons. The van der Waals surface area contributed by atoms with Crippen molar-refractivity contribution in [3.63, 3.8) is 0 Å². The Morgan fingerprint density at radius 3 is 1.16 bits per heavy atom. The van der Waals surface area contributed by atoms with Crippen molar-refractivity contribution in [2.45, 2.75) is 0 Å². The van der Waals surface area contributed by atoms with E-state index >= 15 is 0 Å². The molecule has 0 aliphatic heterocycles. The Morgan fingerprint density at radius 1 is 0.613 bits per heavy atom. The Hall–Kier alpha value is -3.03. The molecule has 0 aliphatic rings. The van der Waals surface area contributed by atoms with E-state index in [9.17, 15) is 19.2 Å². The molecule has 0 aromatic heterocycles. The molecule has 31 heavy (non-hydrogen) atoms. The number of aliphatic carboxylic acids is 2. The first-order chi connectivity index (χ1) is 14.2. The molecular formula is C20H20BaN4O6+2.